The molecule has 5 rings (SSSR count). The Balaban J connectivity index is 1.53. The van der Waals surface area contributed by atoms with Crippen molar-refractivity contribution in [3.8, 4) is 0 Å². The molecule has 0 saturated carbocycles. The van der Waals surface area contributed by atoms with Crippen LogP contribution in [0.1, 0.15) is 83.8 Å². The quantitative estimate of drug-likeness (QED) is 0.0418. The summed E-state index contributed by atoms with van der Waals surface area (Å²) in [5, 5.41) is 0.484. The lowest BCUT2D eigenvalue weighted by Crippen LogP contribution is -2.33. The summed E-state index contributed by atoms with van der Waals surface area (Å²) in [6.07, 6.45) is 7.81. The SMILES string of the molecule is CC[N+]1=C(/C=C/C(C)=C/C=C2/N(CCCC(=O)ON3C(=O)CCC3=O)c3ccc(S(=O)(=O)O)cc3C2(C)CCOCCOCCOC)C(C)(CCCS(=O)(=O)O)c2cc(S(=O)(=O)O)ccc21. The van der Waals surface area contributed by atoms with Gasteiger partial charge in [-0.15, -0.1) is 5.06 Å². The molecule has 1 fully saturated rings. The number of fused-ring (bicyclic) bond motifs is 2. The second-order valence-corrected chi connectivity index (χ2v) is 21.0. The molecule has 3 N–H and O–H groups in total. The maximum Gasteiger partial charge on any atom is 0.333 e. The van der Waals surface area contributed by atoms with Gasteiger partial charge in [-0.05, 0) is 95.3 Å². The first kappa shape index (κ1) is 52.3. The predicted molar refractivity (Wildman–Crippen MR) is 241 cm³/mol. The largest absolute Gasteiger partial charge is 0.382 e. The van der Waals surface area contributed by atoms with Gasteiger partial charge in [0.15, 0.2) is 5.71 Å². The topological polar surface area (TPSA) is 261 Å². The first-order chi connectivity index (χ1) is 30.9. The highest BCUT2D eigenvalue weighted by Crippen LogP contribution is 2.51. The number of benzene rings is 2. The first-order valence-electron chi connectivity index (χ1n) is 21.3. The molecule has 66 heavy (non-hydrogen) atoms. The van der Waals surface area contributed by atoms with E-state index >= 15 is 0 Å². The second-order valence-electron chi connectivity index (χ2n) is 16.6. The molecule has 0 aromatic heterocycles. The van der Waals surface area contributed by atoms with Gasteiger partial charge in [-0.1, -0.05) is 17.7 Å². The predicted octanol–water partition coefficient (Wildman–Crippen LogP) is 4.85. The van der Waals surface area contributed by atoms with Gasteiger partial charge >= 0.3 is 5.97 Å². The normalized spacial score (nSPS) is 20.9. The molecule has 0 bridgehead atoms. The van der Waals surface area contributed by atoms with Crippen LogP contribution in [0.15, 0.2) is 81.8 Å². The van der Waals surface area contributed by atoms with E-state index in [1.54, 1.807) is 19.2 Å². The highest BCUT2D eigenvalue weighted by Gasteiger charge is 2.48. The van der Waals surface area contributed by atoms with E-state index < -0.39 is 64.7 Å². The molecule has 2 unspecified atom stereocenters. The molecule has 0 radical (unpaired) electrons. The average Bonchev–Trinajstić information content (AvgIpc) is 3.77. The number of hydrogen-bond acceptors (Lipinski definition) is 14. The second kappa shape index (κ2) is 21.5. The third-order valence-corrected chi connectivity index (χ3v) is 14.4. The van der Waals surface area contributed by atoms with E-state index in [4.69, 9.17) is 19.0 Å². The molecule has 2 aromatic carbocycles. The van der Waals surface area contributed by atoms with E-state index in [1.807, 2.05) is 61.5 Å². The molecule has 362 valence electrons. The summed E-state index contributed by atoms with van der Waals surface area (Å²) in [5.41, 5.74) is 2.55. The maximum atomic E-state index is 12.9. The fraction of sp³-hybridized carbons (Fsp3) is 0.500. The van der Waals surface area contributed by atoms with E-state index in [0.29, 0.717) is 77.3 Å². The summed E-state index contributed by atoms with van der Waals surface area (Å²) >= 11 is 0. The van der Waals surface area contributed by atoms with Gasteiger partial charge in [0.25, 0.3) is 42.2 Å². The number of methoxy groups -OCH3 is 1. The van der Waals surface area contributed by atoms with Crippen molar-refractivity contribution in [2.24, 2.45) is 0 Å². The maximum absolute atomic E-state index is 12.9. The van der Waals surface area contributed by atoms with Crippen molar-refractivity contribution < 1.29 is 76.9 Å². The third-order valence-electron chi connectivity index (χ3n) is 11.9. The van der Waals surface area contributed by atoms with Gasteiger partial charge in [0, 0.05) is 74.0 Å². The van der Waals surface area contributed by atoms with E-state index in [0.717, 1.165) is 0 Å². The van der Waals surface area contributed by atoms with E-state index in [1.165, 1.54) is 24.3 Å². The van der Waals surface area contributed by atoms with Crippen LogP contribution in [-0.2, 0) is 74.6 Å². The van der Waals surface area contributed by atoms with Crippen LogP contribution in [0, 0.1) is 0 Å². The Morgan fingerprint density at radius 1 is 0.818 bits per heavy atom. The van der Waals surface area contributed by atoms with Crippen LogP contribution < -0.4 is 4.90 Å². The average molecular weight is 981 g/mol. The summed E-state index contributed by atoms with van der Waals surface area (Å²) in [6.45, 7) is 9.69. The number of carbonyl (C=O) groups excluding carboxylic acids is 3. The van der Waals surface area contributed by atoms with Gasteiger partial charge in [-0.2, -0.15) is 29.8 Å². The van der Waals surface area contributed by atoms with Crippen LogP contribution in [0.4, 0.5) is 11.4 Å². The summed E-state index contributed by atoms with van der Waals surface area (Å²) in [6, 6.07) is 8.51. The van der Waals surface area contributed by atoms with E-state index in [-0.39, 0.29) is 68.1 Å². The van der Waals surface area contributed by atoms with Crippen molar-refractivity contribution in [2.75, 3.05) is 63.9 Å². The molecule has 3 heterocycles. The van der Waals surface area contributed by atoms with Crippen LogP contribution in [0.2, 0.25) is 0 Å². The smallest absolute Gasteiger partial charge is 0.333 e. The van der Waals surface area contributed by atoms with Gasteiger partial charge in [-0.25, -0.2) is 4.79 Å². The number of anilines is 1. The first-order valence-corrected chi connectivity index (χ1v) is 25.8. The molecule has 2 atom stereocenters. The monoisotopic (exact) mass is 980 g/mol. The summed E-state index contributed by atoms with van der Waals surface area (Å²) < 4.78 is 121. The number of ether oxygens (including phenoxy) is 3. The number of imide groups is 1. The lowest BCUT2D eigenvalue weighted by molar-refractivity contribution is -0.433. The van der Waals surface area contributed by atoms with Crippen LogP contribution in [0.25, 0.3) is 0 Å². The molecule has 3 aliphatic heterocycles. The van der Waals surface area contributed by atoms with Gasteiger partial charge in [0.1, 0.15) is 6.54 Å². The number of hydroxylamine groups is 2. The van der Waals surface area contributed by atoms with Gasteiger partial charge < -0.3 is 23.9 Å². The zero-order valence-electron chi connectivity index (χ0n) is 37.6. The Morgan fingerprint density at radius 3 is 2.03 bits per heavy atom. The van der Waals surface area contributed by atoms with Crippen molar-refractivity contribution in [3.05, 3.63) is 83.1 Å². The lowest BCUT2D eigenvalue weighted by atomic mass is 9.75. The Bertz CT molecular complexity index is 2640. The molecular weight excluding hydrogens is 923 g/mol. The third kappa shape index (κ3) is 12.5. The lowest BCUT2D eigenvalue weighted by Gasteiger charge is -2.30. The van der Waals surface area contributed by atoms with Crippen LogP contribution in [0.5, 0.6) is 0 Å². The number of amides is 2. The van der Waals surface area contributed by atoms with Crippen LogP contribution >= 0.6 is 0 Å². The van der Waals surface area contributed by atoms with Gasteiger partial charge in [0.2, 0.25) is 5.69 Å². The molecule has 2 amide bonds. The Labute approximate surface area is 385 Å². The molecule has 0 spiro atoms. The minimum Gasteiger partial charge on any atom is -0.382 e. The zero-order valence-corrected chi connectivity index (χ0v) is 40.0. The Morgan fingerprint density at radius 2 is 1.42 bits per heavy atom. The molecule has 1 saturated heterocycles. The van der Waals surface area contributed by atoms with Gasteiger partial charge in [-0.3, -0.25) is 23.2 Å². The number of nitrogens with zero attached hydrogens (tertiary/aromatic N) is 3. The molecule has 0 aliphatic carbocycles. The molecule has 2 aromatic rings. The molecule has 19 nitrogen and oxygen atoms in total. The number of rotatable bonds is 24. The van der Waals surface area contributed by atoms with Crippen molar-refractivity contribution >= 4 is 65.2 Å². The minimum absolute atomic E-state index is 0.0335. The van der Waals surface area contributed by atoms with Gasteiger partial charge in [0.05, 0.1) is 47.4 Å². The summed E-state index contributed by atoms with van der Waals surface area (Å²) in [7, 11) is -12.0. The fourth-order valence-electron chi connectivity index (χ4n) is 8.50. The standard InChI is InChI=1S/C44H57N3O16S3/c1-6-45-36-14-12-32(65(54,55)56)29-34(36)43(3,20-8-28-64(51,52)53)38(45)16-10-31(2)11-17-39-44(4,21-23-61-26-27-62-25-24-60-5)35-30-33(66(57,58)59)13-15-37(35)46(39)22-7-9-42(50)63-47-40(48)18-19-41(47)49/h10-17,29-30H,6-9,18-28H2,1-5H3,(H2-,51,52,53,54,55,56,57,58,59)/p+1. The summed E-state index contributed by atoms with van der Waals surface area (Å²) in [5.74, 6) is -2.53. The highest BCUT2D eigenvalue weighted by atomic mass is 32.2. The van der Waals surface area contributed by atoms with E-state index in [2.05, 4.69) is 0 Å². The van der Waals surface area contributed by atoms with Crippen molar-refractivity contribution in [2.45, 2.75) is 93.3 Å². The number of hydrogen-bond donors (Lipinski definition) is 3. The van der Waals surface area contributed by atoms with Crippen molar-refractivity contribution in [3.63, 3.8) is 0 Å². The molecular formula is C44H58N3O16S3+. The van der Waals surface area contributed by atoms with Crippen molar-refractivity contribution in [1.29, 1.82) is 0 Å². The summed E-state index contributed by atoms with van der Waals surface area (Å²) in [4.78, 5) is 43.4. The van der Waals surface area contributed by atoms with Crippen LogP contribution in [-0.4, -0.2) is 131 Å². The number of carbonyl (C=O) groups is 3. The highest BCUT2D eigenvalue weighted by molar-refractivity contribution is 7.86. The minimum atomic E-state index is -4.63. The fourth-order valence-corrected chi connectivity index (χ4v) is 10.0. The van der Waals surface area contributed by atoms with Crippen molar-refractivity contribution in [1.82, 2.24) is 5.06 Å². The molecule has 22 heteroatoms. The molecule has 3 aliphatic rings. The van der Waals surface area contributed by atoms with E-state index in [9.17, 15) is 53.3 Å². The zero-order chi connectivity index (χ0) is 48.7. The Hall–Kier alpha value is -4.65. The van der Waals surface area contributed by atoms with Crippen LogP contribution in [0.3, 0.4) is 0 Å². The Kier molecular flexibility index (Phi) is 17.1. The number of allylic oxidation sites excluding steroid dienone is 6.